The number of ketones is 1. The Kier molecular flexibility index (Phi) is 3.28. The van der Waals surface area contributed by atoms with Crippen LogP contribution in [0.4, 0.5) is 4.79 Å². The monoisotopic (exact) mass is 184 g/mol. The van der Waals surface area contributed by atoms with Gasteiger partial charge in [-0.3, -0.25) is 0 Å². The molecule has 74 valence electrons. The van der Waals surface area contributed by atoms with Crippen molar-refractivity contribution in [2.75, 3.05) is 26.7 Å². The maximum absolute atomic E-state index is 11.3. The van der Waals surface area contributed by atoms with E-state index in [0.717, 1.165) is 19.5 Å². The molecule has 1 aliphatic heterocycles. The molecule has 0 saturated carbocycles. The second kappa shape index (κ2) is 4.25. The molecule has 2 amide bonds. The molecular formula is C9H16N2O2. The van der Waals surface area contributed by atoms with E-state index in [4.69, 9.17) is 0 Å². The second-order valence-corrected chi connectivity index (χ2v) is 3.50. The van der Waals surface area contributed by atoms with Crippen LogP contribution in [0.5, 0.6) is 0 Å². The van der Waals surface area contributed by atoms with Crippen molar-refractivity contribution in [1.82, 2.24) is 9.80 Å². The molecule has 4 heteroatoms. The summed E-state index contributed by atoms with van der Waals surface area (Å²) >= 11 is 0. The van der Waals surface area contributed by atoms with Crippen LogP contribution in [0.3, 0.4) is 0 Å². The SMILES string of the molecule is CC(=O)CCCN1CCN(C)C1=O. The Bertz CT molecular complexity index is 216. The summed E-state index contributed by atoms with van der Waals surface area (Å²) in [4.78, 5) is 25.5. The molecule has 0 atom stereocenters. The van der Waals surface area contributed by atoms with Gasteiger partial charge in [-0.25, -0.2) is 4.79 Å². The second-order valence-electron chi connectivity index (χ2n) is 3.50. The Balaban J connectivity index is 2.23. The van der Waals surface area contributed by atoms with Crippen LogP contribution in [0.1, 0.15) is 19.8 Å². The summed E-state index contributed by atoms with van der Waals surface area (Å²) in [6.45, 7) is 3.90. The van der Waals surface area contributed by atoms with Crippen LogP contribution in [0.2, 0.25) is 0 Å². The van der Waals surface area contributed by atoms with Crippen LogP contribution in [-0.2, 0) is 4.79 Å². The van der Waals surface area contributed by atoms with Crippen LogP contribution in [0.15, 0.2) is 0 Å². The van der Waals surface area contributed by atoms with E-state index in [1.54, 1.807) is 23.8 Å². The number of urea groups is 1. The molecule has 0 aromatic rings. The summed E-state index contributed by atoms with van der Waals surface area (Å²) < 4.78 is 0. The minimum absolute atomic E-state index is 0.0866. The number of carbonyl (C=O) groups is 2. The zero-order valence-electron chi connectivity index (χ0n) is 8.25. The number of rotatable bonds is 4. The third-order valence-electron chi connectivity index (χ3n) is 2.26. The van der Waals surface area contributed by atoms with E-state index in [9.17, 15) is 9.59 Å². The molecule has 0 spiro atoms. The number of Topliss-reactive ketones (excluding diaryl/α,β-unsaturated/α-hetero) is 1. The average Bonchev–Trinajstić information content (AvgIpc) is 2.35. The minimum atomic E-state index is 0.0866. The van der Waals surface area contributed by atoms with Crippen molar-refractivity contribution >= 4 is 11.8 Å². The van der Waals surface area contributed by atoms with Crippen molar-refractivity contribution in [1.29, 1.82) is 0 Å². The van der Waals surface area contributed by atoms with Gasteiger partial charge in [0.15, 0.2) is 0 Å². The summed E-state index contributed by atoms with van der Waals surface area (Å²) in [5, 5.41) is 0. The van der Waals surface area contributed by atoms with E-state index >= 15 is 0 Å². The number of carbonyl (C=O) groups excluding carboxylic acids is 2. The highest BCUT2D eigenvalue weighted by atomic mass is 16.2. The van der Waals surface area contributed by atoms with Crippen LogP contribution >= 0.6 is 0 Å². The first-order valence-electron chi connectivity index (χ1n) is 4.60. The van der Waals surface area contributed by atoms with Crippen molar-refractivity contribution in [3.63, 3.8) is 0 Å². The lowest BCUT2D eigenvalue weighted by Crippen LogP contribution is -2.30. The molecule has 1 rings (SSSR count). The molecule has 0 unspecified atom stereocenters. The van der Waals surface area contributed by atoms with Gasteiger partial charge in [0.1, 0.15) is 5.78 Å². The topological polar surface area (TPSA) is 40.6 Å². The van der Waals surface area contributed by atoms with Gasteiger partial charge in [0.2, 0.25) is 0 Å². The average molecular weight is 184 g/mol. The molecule has 13 heavy (non-hydrogen) atoms. The van der Waals surface area contributed by atoms with Crippen LogP contribution in [0.25, 0.3) is 0 Å². The van der Waals surface area contributed by atoms with Gasteiger partial charge in [0.25, 0.3) is 0 Å². The number of hydrogen-bond acceptors (Lipinski definition) is 2. The summed E-state index contributed by atoms with van der Waals surface area (Å²) in [5.41, 5.74) is 0. The van der Waals surface area contributed by atoms with E-state index in [-0.39, 0.29) is 11.8 Å². The van der Waals surface area contributed by atoms with E-state index < -0.39 is 0 Å². The lowest BCUT2D eigenvalue weighted by atomic mass is 10.2. The zero-order valence-corrected chi connectivity index (χ0v) is 8.25. The van der Waals surface area contributed by atoms with Crippen LogP contribution in [0, 0.1) is 0 Å². The lowest BCUT2D eigenvalue weighted by Gasteiger charge is -2.14. The molecular weight excluding hydrogens is 168 g/mol. The van der Waals surface area contributed by atoms with E-state index in [1.807, 2.05) is 0 Å². The van der Waals surface area contributed by atoms with Crippen molar-refractivity contribution in [3.05, 3.63) is 0 Å². The first kappa shape index (κ1) is 10.0. The Morgan fingerprint density at radius 3 is 2.62 bits per heavy atom. The first-order chi connectivity index (χ1) is 6.11. The number of likely N-dealkylation sites (N-methyl/N-ethyl adjacent to an activating group) is 1. The van der Waals surface area contributed by atoms with Gasteiger partial charge in [-0.1, -0.05) is 0 Å². The van der Waals surface area contributed by atoms with Crippen molar-refractivity contribution < 1.29 is 9.59 Å². The predicted octanol–water partition coefficient (Wildman–Crippen LogP) is 0.723. The molecule has 1 aliphatic rings. The number of amides is 2. The molecule has 0 aromatic heterocycles. The Morgan fingerprint density at radius 1 is 1.46 bits per heavy atom. The van der Waals surface area contributed by atoms with Crippen LogP contribution < -0.4 is 0 Å². The van der Waals surface area contributed by atoms with Crippen LogP contribution in [-0.4, -0.2) is 48.3 Å². The highest BCUT2D eigenvalue weighted by Gasteiger charge is 2.24. The van der Waals surface area contributed by atoms with Gasteiger partial charge in [0, 0.05) is 33.1 Å². The molecule has 0 radical (unpaired) electrons. The maximum Gasteiger partial charge on any atom is 0.319 e. The zero-order chi connectivity index (χ0) is 9.84. The summed E-state index contributed by atoms with van der Waals surface area (Å²) in [6.07, 6.45) is 1.36. The van der Waals surface area contributed by atoms with E-state index in [1.165, 1.54) is 0 Å². The fourth-order valence-corrected chi connectivity index (χ4v) is 1.43. The lowest BCUT2D eigenvalue weighted by molar-refractivity contribution is -0.117. The van der Waals surface area contributed by atoms with Crippen molar-refractivity contribution in [3.8, 4) is 0 Å². The standard InChI is InChI=1S/C9H16N2O2/c1-8(12)4-3-5-11-7-6-10(2)9(11)13/h3-7H2,1-2H3. The van der Waals surface area contributed by atoms with Gasteiger partial charge >= 0.3 is 6.03 Å². The molecule has 4 nitrogen and oxygen atoms in total. The van der Waals surface area contributed by atoms with Gasteiger partial charge in [0.05, 0.1) is 0 Å². The van der Waals surface area contributed by atoms with Crippen molar-refractivity contribution in [2.24, 2.45) is 0 Å². The molecule has 1 heterocycles. The smallest absolute Gasteiger partial charge is 0.319 e. The summed E-state index contributed by atoms with van der Waals surface area (Å²) in [6, 6.07) is 0.0866. The third kappa shape index (κ3) is 2.72. The predicted molar refractivity (Wildman–Crippen MR) is 49.5 cm³/mol. The fraction of sp³-hybridized carbons (Fsp3) is 0.778. The largest absolute Gasteiger partial charge is 0.326 e. The molecule has 1 fully saturated rings. The molecule has 0 aliphatic carbocycles. The van der Waals surface area contributed by atoms with E-state index in [2.05, 4.69) is 0 Å². The summed E-state index contributed by atoms with van der Waals surface area (Å²) in [7, 11) is 1.80. The fourth-order valence-electron chi connectivity index (χ4n) is 1.43. The molecule has 0 N–H and O–H groups in total. The third-order valence-corrected chi connectivity index (χ3v) is 2.26. The van der Waals surface area contributed by atoms with E-state index in [0.29, 0.717) is 13.0 Å². The number of hydrogen-bond donors (Lipinski definition) is 0. The highest BCUT2D eigenvalue weighted by Crippen LogP contribution is 2.07. The van der Waals surface area contributed by atoms with Gasteiger partial charge in [-0.05, 0) is 13.3 Å². The normalized spacial score (nSPS) is 16.9. The number of nitrogens with zero attached hydrogens (tertiary/aromatic N) is 2. The summed E-state index contributed by atoms with van der Waals surface area (Å²) in [5.74, 6) is 0.194. The molecule has 0 bridgehead atoms. The van der Waals surface area contributed by atoms with Crippen molar-refractivity contribution in [2.45, 2.75) is 19.8 Å². The molecule has 0 aromatic carbocycles. The van der Waals surface area contributed by atoms with Gasteiger partial charge in [-0.2, -0.15) is 0 Å². The maximum atomic E-state index is 11.3. The quantitative estimate of drug-likeness (QED) is 0.646. The first-order valence-corrected chi connectivity index (χ1v) is 4.60. The van der Waals surface area contributed by atoms with Gasteiger partial charge in [-0.15, -0.1) is 0 Å². The Labute approximate surface area is 78.5 Å². The minimum Gasteiger partial charge on any atom is -0.326 e. The molecule has 1 saturated heterocycles. The Hall–Kier alpha value is -1.06. The Morgan fingerprint density at radius 2 is 2.15 bits per heavy atom. The highest BCUT2D eigenvalue weighted by molar-refractivity contribution is 5.77. The van der Waals surface area contributed by atoms with Gasteiger partial charge < -0.3 is 14.6 Å².